The van der Waals surface area contributed by atoms with Gasteiger partial charge in [-0.25, -0.2) is 4.79 Å². The second-order valence-corrected chi connectivity index (χ2v) is 13.2. The van der Waals surface area contributed by atoms with Crippen molar-refractivity contribution in [2.45, 2.75) is 49.3 Å². The van der Waals surface area contributed by atoms with Crippen LogP contribution in [0.25, 0.3) is 0 Å². The lowest BCUT2D eigenvalue weighted by molar-refractivity contribution is 0.262. The SMILES string of the molecule is CC(C)c1ccc(S(=O)(=O)Oc2ccccc2NC(=O)Nc2ccccc2OS(=O)(=O)c2ccc(C(C)C)cc2)cc1. The summed E-state index contributed by atoms with van der Waals surface area (Å²) in [5.74, 6) is 0.270. The van der Waals surface area contributed by atoms with E-state index in [2.05, 4.69) is 10.6 Å². The molecule has 2 amide bonds. The molecule has 220 valence electrons. The van der Waals surface area contributed by atoms with E-state index < -0.39 is 26.3 Å². The van der Waals surface area contributed by atoms with E-state index in [1.807, 2.05) is 27.7 Å². The lowest BCUT2D eigenvalue weighted by Gasteiger charge is -2.15. The predicted molar refractivity (Wildman–Crippen MR) is 162 cm³/mol. The molecule has 0 aliphatic heterocycles. The molecule has 0 aliphatic rings. The van der Waals surface area contributed by atoms with E-state index >= 15 is 0 Å². The molecular formula is C31H32N2O7S2. The highest BCUT2D eigenvalue weighted by Crippen LogP contribution is 2.31. The summed E-state index contributed by atoms with van der Waals surface area (Å²) in [5.41, 5.74) is 2.12. The minimum Gasteiger partial charge on any atom is -0.377 e. The van der Waals surface area contributed by atoms with E-state index in [-0.39, 0.29) is 44.5 Å². The summed E-state index contributed by atoms with van der Waals surface area (Å²) in [4.78, 5) is 12.9. The summed E-state index contributed by atoms with van der Waals surface area (Å²) in [6.45, 7) is 8.01. The van der Waals surface area contributed by atoms with Gasteiger partial charge in [0.2, 0.25) is 0 Å². The minimum atomic E-state index is -4.19. The average molecular weight is 609 g/mol. The number of amides is 2. The Hall–Kier alpha value is -4.35. The number of carbonyl (C=O) groups is 1. The quantitative estimate of drug-likeness (QED) is 0.184. The maximum absolute atomic E-state index is 12.9. The summed E-state index contributed by atoms with van der Waals surface area (Å²) in [7, 11) is -8.38. The van der Waals surface area contributed by atoms with Gasteiger partial charge in [0.15, 0.2) is 11.5 Å². The smallest absolute Gasteiger partial charge is 0.339 e. The standard InChI is InChI=1S/C31H32N2O7S2/c1-21(2)23-13-17-25(18-14-23)41(35,36)39-29-11-7-5-9-27(29)32-31(34)33-28-10-6-8-12-30(28)40-42(37,38)26-19-15-24(16-20-26)22(3)4/h5-22H,1-4H3,(H2,32,33,34). The van der Waals surface area contributed by atoms with Crippen molar-refractivity contribution in [3.05, 3.63) is 108 Å². The summed E-state index contributed by atoms with van der Waals surface area (Å²) in [5, 5.41) is 5.10. The van der Waals surface area contributed by atoms with E-state index in [1.54, 1.807) is 48.5 Å². The molecule has 0 aromatic heterocycles. The van der Waals surface area contributed by atoms with E-state index in [0.717, 1.165) is 11.1 Å². The second kappa shape index (κ2) is 12.7. The number of anilines is 2. The van der Waals surface area contributed by atoms with E-state index in [9.17, 15) is 21.6 Å². The highest BCUT2D eigenvalue weighted by molar-refractivity contribution is 7.87. The molecule has 0 saturated carbocycles. The minimum absolute atomic E-state index is 0.0303. The summed E-state index contributed by atoms with van der Waals surface area (Å²) >= 11 is 0. The Morgan fingerprint density at radius 3 is 1.21 bits per heavy atom. The molecule has 42 heavy (non-hydrogen) atoms. The van der Waals surface area contributed by atoms with Crippen molar-refractivity contribution in [1.29, 1.82) is 0 Å². The Kier molecular flexibility index (Phi) is 9.23. The molecule has 0 fully saturated rings. The van der Waals surface area contributed by atoms with Crippen LogP contribution in [-0.2, 0) is 20.2 Å². The van der Waals surface area contributed by atoms with Crippen LogP contribution in [0.2, 0.25) is 0 Å². The molecule has 4 aromatic carbocycles. The molecule has 0 aliphatic carbocycles. The van der Waals surface area contributed by atoms with Gasteiger partial charge in [-0.15, -0.1) is 0 Å². The van der Waals surface area contributed by atoms with Gasteiger partial charge in [0, 0.05) is 0 Å². The van der Waals surface area contributed by atoms with Crippen molar-refractivity contribution in [1.82, 2.24) is 0 Å². The van der Waals surface area contributed by atoms with Crippen LogP contribution in [0.5, 0.6) is 11.5 Å². The first kappa shape index (κ1) is 30.6. The highest BCUT2D eigenvalue weighted by Gasteiger charge is 2.22. The van der Waals surface area contributed by atoms with Crippen molar-refractivity contribution in [3.63, 3.8) is 0 Å². The predicted octanol–water partition coefficient (Wildman–Crippen LogP) is 7.11. The van der Waals surface area contributed by atoms with Crippen molar-refractivity contribution < 1.29 is 30.0 Å². The van der Waals surface area contributed by atoms with Gasteiger partial charge in [-0.05, 0) is 71.5 Å². The highest BCUT2D eigenvalue weighted by atomic mass is 32.2. The third-order valence-corrected chi connectivity index (χ3v) is 8.84. The largest absolute Gasteiger partial charge is 0.377 e. The number of hydrogen-bond acceptors (Lipinski definition) is 7. The average Bonchev–Trinajstić information content (AvgIpc) is 2.95. The number of urea groups is 1. The van der Waals surface area contributed by atoms with Gasteiger partial charge >= 0.3 is 26.3 Å². The lowest BCUT2D eigenvalue weighted by Crippen LogP contribution is -2.21. The van der Waals surface area contributed by atoms with Gasteiger partial charge in [0.1, 0.15) is 9.79 Å². The van der Waals surface area contributed by atoms with Crippen molar-refractivity contribution in [2.75, 3.05) is 10.6 Å². The maximum atomic E-state index is 12.9. The van der Waals surface area contributed by atoms with Gasteiger partial charge in [-0.2, -0.15) is 16.8 Å². The summed E-state index contributed by atoms with van der Waals surface area (Å²) in [6, 6.07) is 24.1. The fraction of sp³-hybridized carbons (Fsp3) is 0.194. The van der Waals surface area contributed by atoms with Gasteiger partial charge in [0.05, 0.1) is 11.4 Å². The first-order valence-electron chi connectivity index (χ1n) is 13.2. The Balaban J connectivity index is 1.49. The molecule has 0 radical (unpaired) electrons. The third kappa shape index (κ3) is 7.48. The Bertz CT molecular complexity index is 1640. The lowest BCUT2D eigenvalue weighted by atomic mass is 10.0. The van der Waals surface area contributed by atoms with Gasteiger partial charge in [-0.3, -0.25) is 0 Å². The Morgan fingerprint density at radius 1 is 0.548 bits per heavy atom. The van der Waals surface area contributed by atoms with Gasteiger partial charge in [0.25, 0.3) is 0 Å². The second-order valence-electron chi connectivity index (χ2n) is 10.1. The van der Waals surface area contributed by atoms with Crippen LogP contribution < -0.4 is 19.0 Å². The van der Waals surface area contributed by atoms with Gasteiger partial charge in [-0.1, -0.05) is 76.2 Å². The molecule has 0 unspecified atom stereocenters. The van der Waals surface area contributed by atoms with E-state index in [4.69, 9.17) is 8.37 Å². The van der Waals surface area contributed by atoms with Crippen molar-refractivity contribution in [3.8, 4) is 11.5 Å². The molecule has 4 rings (SSSR count). The fourth-order valence-electron chi connectivity index (χ4n) is 3.93. The molecule has 0 heterocycles. The molecule has 4 aromatic rings. The molecule has 0 saturated heterocycles. The molecule has 11 heteroatoms. The molecule has 2 N–H and O–H groups in total. The van der Waals surface area contributed by atoms with Crippen LogP contribution in [0.1, 0.15) is 50.7 Å². The normalized spacial score (nSPS) is 11.8. The number of carbonyl (C=O) groups excluding carboxylic acids is 1. The Labute approximate surface area is 246 Å². The summed E-state index contributed by atoms with van der Waals surface area (Å²) in [6.07, 6.45) is 0. The molecule has 0 spiro atoms. The van der Waals surface area contributed by atoms with Crippen molar-refractivity contribution >= 4 is 37.6 Å². The molecule has 9 nitrogen and oxygen atoms in total. The monoisotopic (exact) mass is 608 g/mol. The van der Waals surface area contributed by atoms with E-state index in [0.29, 0.717) is 0 Å². The van der Waals surface area contributed by atoms with Crippen LogP contribution >= 0.6 is 0 Å². The first-order chi connectivity index (χ1) is 19.9. The molecule has 0 atom stereocenters. The fourth-order valence-corrected chi connectivity index (χ4v) is 5.83. The number of para-hydroxylation sites is 4. The van der Waals surface area contributed by atoms with Gasteiger partial charge < -0.3 is 19.0 Å². The van der Waals surface area contributed by atoms with Crippen LogP contribution in [0.3, 0.4) is 0 Å². The number of benzene rings is 4. The van der Waals surface area contributed by atoms with Crippen molar-refractivity contribution in [2.24, 2.45) is 0 Å². The zero-order valence-electron chi connectivity index (χ0n) is 23.6. The number of rotatable bonds is 10. The zero-order valence-corrected chi connectivity index (χ0v) is 25.2. The third-order valence-electron chi connectivity index (χ3n) is 6.34. The molecular weight excluding hydrogens is 576 g/mol. The van der Waals surface area contributed by atoms with Crippen LogP contribution in [0.4, 0.5) is 16.2 Å². The van der Waals surface area contributed by atoms with E-state index in [1.165, 1.54) is 48.5 Å². The zero-order chi connectivity index (χ0) is 30.5. The Morgan fingerprint density at radius 2 is 0.881 bits per heavy atom. The maximum Gasteiger partial charge on any atom is 0.339 e. The number of nitrogens with one attached hydrogen (secondary N) is 2. The van der Waals surface area contributed by atoms with Crippen LogP contribution in [-0.4, -0.2) is 22.9 Å². The molecule has 0 bridgehead atoms. The number of hydrogen-bond donors (Lipinski definition) is 2. The summed E-state index contributed by atoms with van der Waals surface area (Å²) < 4.78 is 62.5. The van der Waals surface area contributed by atoms with Crippen LogP contribution in [0.15, 0.2) is 107 Å². The topological polar surface area (TPSA) is 128 Å². The first-order valence-corrected chi connectivity index (χ1v) is 16.0. The van der Waals surface area contributed by atoms with Crippen LogP contribution in [0, 0.1) is 0 Å².